The van der Waals surface area contributed by atoms with Gasteiger partial charge in [-0.15, -0.1) is 0 Å². The maximum Gasteiger partial charge on any atom is 0.482 e. The van der Waals surface area contributed by atoms with Gasteiger partial charge in [0.1, 0.15) is 11.5 Å². The van der Waals surface area contributed by atoms with Crippen molar-refractivity contribution in [2.75, 3.05) is 14.2 Å². The molecular formula is C17H15AlO4. The molecule has 0 aromatic heterocycles. The van der Waals surface area contributed by atoms with E-state index in [1.165, 1.54) is 6.08 Å². The van der Waals surface area contributed by atoms with Crippen LogP contribution in [-0.4, -0.2) is 36.6 Å². The molecule has 0 aliphatic heterocycles. The first-order valence-corrected chi connectivity index (χ1v) is 7.06. The van der Waals surface area contributed by atoms with Crippen LogP contribution in [-0.2, 0) is 3.79 Å². The van der Waals surface area contributed by atoms with Gasteiger partial charge in [0.05, 0.1) is 20.0 Å². The standard InChI is InChI=1S/C17H16O4.Al/c1-20-14-7-3-12(4-8-14)16(18)11-17(19)13-5-9-15(21-2)10-6-13;/h3-11,18H,1-2H3;/q;+1/p-1/b16-11-;. The van der Waals surface area contributed by atoms with Gasteiger partial charge in [-0.1, -0.05) is 0 Å². The Balaban J connectivity index is 2.24. The van der Waals surface area contributed by atoms with Gasteiger partial charge in [-0.25, -0.2) is 0 Å². The summed E-state index contributed by atoms with van der Waals surface area (Å²) >= 11 is 2.16. The van der Waals surface area contributed by atoms with E-state index in [1.54, 1.807) is 38.5 Å². The fourth-order valence-electron chi connectivity index (χ4n) is 1.90. The zero-order valence-corrected chi connectivity index (χ0v) is 13.6. The molecule has 0 aliphatic rings. The Morgan fingerprint density at radius 1 is 0.864 bits per heavy atom. The van der Waals surface area contributed by atoms with Gasteiger partial charge < -0.3 is 13.3 Å². The maximum absolute atomic E-state index is 12.3. The summed E-state index contributed by atoms with van der Waals surface area (Å²) in [6.07, 6.45) is 1.45. The fourth-order valence-corrected chi connectivity index (χ4v) is 2.10. The van der Waals surface area contributed by atoms with Crippen LogP contribution in [0.3, 0.4) is 0 Å². The predicted molar refractivity (Wildman–Crippen MR) is 85.1 cm³/mol. The summed E-state index contributed by atoms with van der Waals surface area (Å²) in [6.45, 7) is 0. The summed E-state index contributed by atoms with van der Waals surface area (Å²) in [5, 5.41) is 0. The number of methoxy groups -OCH3 is 2. The van der Waals surface area contributed by atoms with Gasteiger partial charge in [0.2, 0.25) is 0 Å². The molecule has 2 radical (unpaired) electrons. The predicted octanol–water partition coefficient (Wildman–Crippen LogP) is 3.03. The number of hydrogen-bond acceptors (Lipinski definition) is 4. The van der Waals surface area contributed by atoms with Crippen molar-refractivity contribution in [3.63, 3.8) is 0 Å². The molecule has 22 heavy (non-hydrogen) atoms. The molecule has 0 aliphatic carbocycles. The minimum absolute atomic E-state index is 0.143. The number of carbonyl (C=O) groups excluding carboxylic acids is 1. The number of hydrogen-bond donors (Lipinski definition) is 0. The van der Waals surface area contributed by atoms with Gasteiger partial charge in [-0.2, -0.15) is 0 Å². The van der Waals surface area contributed by atoms with Crippen molar-refractivity contribution in [3.8, 4) is 11.5 Å². The molecule has 5 heteroatoms. The smallest absolute Gasteiger partial charge is 0.482 e. The average molecular weight is 310 g/mol. The van der Waals surface area contributed by atoms with E-state index in [-0.39, 0.29) is 5.78 Å². The summed E-state index contributed by atoms with van der Waals surface area (Å²) in [4.78, 5) is 12.3. The topological polar surface area (TPSA) is 44.8 Å². The second kappa shape index (κ2) is 7.69. The van der Waals surface area contributed by atoms with Crippen molar-refractivity contribution in [2.45, 2.75) is 0 Å². The first-order valence-electron chi connectivity index (χ1n) is 6.59. The van der Waals surface area contributed by atoms with E-state index >= 15 is 0 Å². The fraction of sp³-hybridized carbons (Fsp3) is 0.118. The minimum Gasteiger partial charge on any atom is -0.653 e. The lowest BCUT2D eigenvalue weighted by molar-refractivity contribution is 0.104. The van der Waals surface area contributed by atoms with Crippen molar-refractivity contribution < 1.29 is 18.1 Å². The maximum atomic E-state index is 12.3. The largest absolute Gasteiger partial charge is 0.653 e. The van der Waals surface area contributed by atoms with E-state index < -0.39 is 0 Å². The van der Waals surface area contributed by atoms with Crippen molar-refractivity contribution in [2.24, 2.45) is 0 Å². The minimum atomic E-state index is -0.143. The molecule has 0 saturated heterocycles. The lowest BCUT2D eigenvalue weighted by Crippen LogP contribution is -1.98. The Kier molecular flexibility index (Phi) is 5.65. The van der Waals surface area contributed by atoms with E-state index in [0.29, 0.717) is 17.1 Å². The highest BCUT2D eigenvalue weighted by Crippen LogP contribution is 2.20. The Hall–Kier alpha value is -2.22. The van der Waals surface area contributed by atoms with E-state index in [1.807, 2.05) is 24.3 Å². The second-order valence-corrected chi connectivity index (χ2v) is 4.68. The molecule has 0 spiro atoms. The van der Waals surface area contributed by atoms with Gasteiger partial charge >= 0.3 is 16.6 Å². The molecule has 110 valence electrons. The van der Waals surface area contributed by atoms with Crippen molar-refractivity contribution in [1.82, 2.24) is 0 Å². The first-order chi connectivity index (χ1) is 10.7. The molecule has 2 rings (SSSR count). The van der Waals surface area contributed by atoms with E-state index in [9.17, 15) is 4.79 Å². The van der Waals surface area contributed by atoms with E-state index in [0.717, 1.165) is 11.3 Å². The lowest BCUT2D eigenvalue weighted by atomic mass is 10.1. The SMILES string of the molecule is COc1ccc(C(=O)/C=C(\[O][Al])c2ccc(OC)cc2)cc1. The van der Waals surface area contributed by atoms with Crippen molar-refractivity contribution >= 4 is 28.2 Å². The van der Waals surface area contributed by atoms with Crippen LogP contribution in [0.15, 0.2) is 54.6 Å². The van der Waals surface area contributed by atoms with Crippen LogP contribution in [0.2, 0.25) is 0 Å². The third kappa shape index (κ3) is 3.91. The quantitative estimate of drug-likeness (QED) is 0.356. The Labute approximate surface area is 138 Å². The van der Waals surface area contributed by atoms with Crippen molar-refractivity contribution in [1.29, 1.82) is 0 Å². The first kappa shape index (κ1) is 16.2. The van der Waals surface area contributed by atoms with Crippen LogP contribution in [0.5, 0.6) is 11.5 Å². The Bertz CT molecular complexity index is 660. The molecule has 2 aromatic rings. The zero-order chi connectivity index (χ0) is 15.9. The van der Waals surface area contributed by atoms with Crippen LogP contribution >= 0.6 is 0 Å². The molecule has 4 nitrogen and oxygen atoms in total. The Morgan fingerprint density at radius 3 is 1.73 bits per heavy atom. The lowest BCUT2D eigenvalue weighted by Gasteiger charge is -2.10. The van der Waals surface area contributed by atoms with Gasteiger partial charge in [0.25, 0.3) is 0 Å². The number of carbonyl (C=O) groups is 1. The molecule has 0 bridgehead atoms. The molecule has 0 fully saturated rings. The van der Waals surface area contributed by atoms with Crippen molar-refractivity contribution in [3.05, 3.63) is 65.7 Å². The van der Waals surface area contributed by atoms with Gasteiger partial charge in [0.15, 0.2) is 5.78 Å². The number of ketones is 1. The monoisotopic (exact) mass is 310 g/mol. The van der Waals surface area contributed by atoms with Gasteiger partial charge in [-0.3, -0.25) is 4.79 Å². The normalized spacial score (nSPS) is 10.9. The summed E-state index contributed by atoms with van der Waals surface area (Å²) in [5.74, 6) is 1.77. The molecule has 2 aromatic carbocycles. The number of ether oxygens (including phenoxy) is 2. The summed E-state index contributed by atoms with van der Waals surface area (Å²) < 4.78 is 15.4. The van der Waals surface area contributed by atoms with Gasteiger partial charge in [0, 0.05) is 17.2 Å². The van der Waals surface area contributed by atoms with E-state index in [2.05, 4.69) is 16.6 Å². The molecule has 0 saturated carbocycles. The summed E-state index contributed by atoms with van der Waals surface area (Å²) in [6, 6.07) is 14.2. The number of benzene rings is 2. The summed E-state index contributed by atoms with van der Waals surface area (Å²) in [5.41, 5.74) is 1.35. The molecule has 0 atom stereocenters. The third-order valence-electron chi connectivity index (χ3n) is 3.14. The molecular weight excluding hydrogens is 295 g/mol. The highest BCUT2D eigenvalue weighted by Gasteiger charge is 2.07. The van der Waals surface area contributed by atoms with Gasteiger partial charge in [-0.05, 0) is 48.5 Å². The summed E-state index contributed by atoms with van der Waals surface area (Å²) in [7, 11) is 3.19. The molecule has 0 heterocycles. The van der Waals surface area contributed by atoms with Crippen LogP contribution in [0, 0.1) is 0 Å². The highest BCUT2D eigenvalue weighted by atomic mass is 27.1. The van der Waals surface area contributed by atoms with E-state index in [4.69, 9.17) is 13.3 Å². The number of rotatable bonds is 6. The van der Waals surface area contributed by atoms with Crippen LogP contribution in [0.4, 0.5) is 0 Å². The number of allylic oxidation sites excluding steroid dienone is 1. The Morgan fingerprint density at radius 2 is 1.32 bits per heavy atom. The van der Waals surface area contributed by atoms with Crippen LogP contribution in [0.25, 0.3) is 5.76 Å². The second-order valence-electron chi connectivity index (χ2n) is 4.45. The van der Waals surface area contributed by atoms with Crippen LogP contribution < -0.4 is 9.47 Å². The van der Waals surface area contributed by atoms with Crippen LogP contribution in [0.1, 0.15) is 15.9 Å². The molecule has 0 amide bonds. The zero-order valence-electron chi connectivity index (χ0n) is 12.4. The highest BCUT2D eigenvalue weighted by molar-refractivity contribution is 6.10. The average Bonchev–Trinajstić information content (AvgIpc) is 2.59. The molecule has 0 N–H and O–H groups in total. The third-order valence-corrected chi connectivity index (χ3v) is 3.39. The molecule has 0 unspecified atom stereocenters.